The number of fused-ring (bicyclic) bond motifs is 2. The lowest BCUT2D eigenvalue weighted by Crippen LogP contribution is -2.31. The number of nitrogens with zero attached hydrogens (tertiary/aromatic N) is 1. The van der Waals surface area contributed by atoms with Crippen LogP contribution in [0.5, 0.6) is 0 Å². The lowest BCUT2D eigenvalue weighted by molar-refractivity contribution is -0.118. The van der Waals surface area contributed by atoms with Crippen LogP contribution in [0.25, 0.3) is 11.1 Å². The quantitative estimate of drug-likeness (QED) is 0.590. The van der Waals surface area contributed by atoms with Crippen LogP contribution in [-0.2, 0) is 21.2 Å². The zero-order valence-corrected chi connectivity index (χ0v) is 17.5. The van der Waals surface area contributed by atoms with Crippen molar-refractivity contribution in [2.75, 3.05) is 16.7 Å². The molecule has 3 aromatic rings. The van der Waals surface area contributed by atoms with Crippen LogP contribution in [-0.4, -0.2) is 26.4 Å². The van der Waals surface area contributed by atoms with Gasteiger partial charge >= 0.3 is 5.76 Å². The number of amides is 1. The molecule has 4 rings (SSSR count). The third-order valence-corrected chi connectivity index (χ3v) is 7.33. The number of benzene rings is 2. The molecule has 0 saturated heterocycles. The van der Waals surface area contributed by atoms with E-state index in [1.54, 1.807) is 30.1 Å². The second-order valence-corrected chi connectivity index (χ2v) is 9.15. The van der Waals surface area contributed by atoms with E-state index in [1.165, 1.54) is 6.07 Å². The zero-order valence-electron chi connectivity index (χ0n) is 14.4. The third-order valence-electron chi connectivity index (χ3n) is 4.51. The summed E-state index contributed by atoms with van der Waals surface area (Å²) in [6.45, 7) is 0. The Bertz CT molecular complexity index is 1300. The van der Waals surface area contributed by atoms with Crippen LogP contribution in [0.1, 0.15) is 12.0 Å². The molecule has 0 spiro atoms. The first-order valence-electron chi connectivity index (χ1n) is 8.10. The first kappa shape index (κ1) is 19.0. The van der Waals surface area contributed by atoms with Crippen molar-refractivity contribution in [2.45, 2.75) is 17.7 Å². The van der Waals surface area contributed by atoms with E-state index in [2.05, 4.69) is 25.6 Å². The van der Waals surface area contributed by atoms with E-state index in [1.807, 2.05) is 0 Å². The number of H-pyrrole nitrogens is 1. The van der Waals surface area contributed by atoms with Gasteiger partial charge in [-0.3, -0.25) is 14.5 Å². The average molecular weight is 487 g/mol. The van der Waals surface area contributed by atoms with E-state index in [9.17, 15) is 18.0 Å². The molecule has 0 bridgehead atoms. The van der Waals surface area contributed by atoms with Gasteiger partial charge in [-0.2, -0.15) is 0 Å². The summed E-state index contributed by atoms with van der Waals surface area (Å²) in [6, 6.07) is 6.36. The number of aromatic nitrogens is 1. The number of carbonyl (C=O) groups excluding carboxylic acids is 1. The number of hydrogen-bond donors (Lipinski definition) is 2. The molecule has 11 heteroatoms. The normalized spacial score (nSPS) is 14.4. The van der Waals surface area contributed by atoms with Crippen LogP contribution in [0.2, 0.25) is 5.02 Å². The molecule has 0 atom stereocenters. The van der Waals surface area contributed by atoms with Gasteiger partial charge in [0.25, 0.3) is 10.0 Å². The van der Waals surface area contributed by atoms with Gasteiger partial charge in [0.15, 0.2) is 5.58 Å². The Morgan fingerprint density at radius 2 is 2.00 bits per heavy atom. The van der Waals surface area contributed by atoms with Gasteiger partial charge in [0.2, 0.25) is 5.91 Å². The average Bonchev–Trinajstić information content (AvgIpc) is 2.98. The monoisotopic (exact) mass is 485 g/mol. The topological polar surface area (TPSA) is 112 Å². The molecule has 0 unspecified atom stereocenters. The number of anilines is 2. The molecular formula is C17H13BrClN3O5S. The van der Waals surface area contributed by atoms with Gasteiger partial charge in [-0.05, 0) is 52.2 Å². The van der Waals surface area contributed by atoms with E-state index in [0.29, 0.717) is 18.5 Å². The summed E-state index contributed by atoms with van der Waals surface area (Å²) in [5, 5.41) is -0.210. The number of hydrogen-bond acceptors (Lipinski definition) is 5. The van der Waals surface area contributed by atoms with Crippen LogP contribution in [0.3, 0.4) is 0 Å². The predicted molar refractivity (Wildman–Crippen MR) is 109 cm³/mol. The Morgan fingerprint density at radius 1 is 1.25 bits per heavy atom. The van der Waals surface area contributed by atoms with Crippen molar-refractivity contribution in [3.05, 3.63) is 49.9 Å². The minimum Gasteiger partial charge on any atom is -0.406 e. The summed E-state index contributed by atoms with van der Waals surface area (Å²) in [5.74, 6) is -0.725. The molecule has 1 aliphatic rings. The minimum absolute atomic E-state index is 0.0119. The molecule has 1 aromatic heterocycles. The van der Waals surface area contributed by atoms with Crippen LogP contribution in [0.15, 0.2) is 42.8 Å². The summed E-state index contributed by atoms with van der Waals surface area (Å²) in [5.41, 5.74) is 2.18. The number of carbonyl (C=O) groups is 1. The number of aryl methyl sites for hydroxylation is 1. The molecule has 2 N–H and O–H groups in total. The van der Waals surface area contributed by atoms with Gasteiger partial charge in [0, 0.05) is 29.3 Å². The Kier molecular flexibility index (Phi) is 4.52. The van der Waals surface area contributed by atoms with Gasteiger partial charge in [-0.25, -0.2) is 13.2 Å². The first-order chi connectivity index (χ1) is 13.2. The predicted octanol–water partition coefficient (Wildman–Crippen LogP) is 3.25. The number of oxazole rings is 1. The second kappa shape index (κ2) is 6.64. The van der Waals surface area contributed by atoms with Gasteiger partial charge in [-0.15, -0.1) is 0 Å². The van der Waals surface area contributed by atoms with E-state index in [4.69, 9.17) is 16.0 Å². The maximum atomic E-state index is 13.0. The molecule has 8 nitrogen and oxygen atoms in total. The second-order valence-electron chi connectivity index (χ2n) is 6.29. The van der Waals surface area contributed by atoms with E-state index in [-0.39, 0.29) is 31.4 Å². The van der Waals surface area contributed by atoms with Crippen molar-refractivity contribution in [3.8, 4) is 0 Å². The summed E-state index contributed by atoms with van der Waals surface area (Å²) < 4.78 is 33.5. The standard InChI is InChI=1S/C17H13BrClN3O5S/c1-22-12-4-3-9(6-8(12)2-5-13(22)23)21-28(25,26)16-10(18)7-11-15(14(16)19)27-17(24)20-11/h3-4,6-7,21H,2,5H2,1H3,(H,20,24). The van der Waals surface area contributed by atoms with Crippen LogP contribution >= 0.6 is 27.5 Å². The van der Waals surface area contributed by atoms with E-state index in [0.717, 1.165) is 11.3 Å². The molecule has 1 amide bonds. The van der Waals surface area contributed by atoms with Crippen molar-refractivity contribution in [1.82, 2.24) is 4.98 Å². The fraction of sp³-hybridized carbons (Fsp3) is 0.176. The fourth-order valence-corrected chi connectivity index (χ4v) is 6.09. The molecule has 28 heavy (non-hydrogen) atoms. The highest BCUT2D eigenvalue weighted by molar-refractivity contribution is 9.10. The van der Waals surface area contributed by atoms with Crippen LogP contribution in [0.4, 0.5) is 11.4 Å². The number of sulfonamides is 1. The maximum Gasteiger partial charge on any atom is 0.417 e. The number of rotatable bonds is 3. The molecule has 2 heterocycles. The van der Waals surface area contributed by atoms with E-state index >= 15 is 0 Å². The van der Waals surface area contributed by atoms with Gasteiger partial charge < -0.3 is 9.32 Å². The summed E-state index contributed by atoms with van der Waals surface area (Å²) in [4.78, 5) is 26.9. The number of nitrogens with one attached hydrogen (secondary N) is 2. The smallest absolute Gasteiger partial charge is 0.406 e. The Labute approximate surface area is 172 Å². The van der Waals surface area contributed by atoms with Crippen molar-refractivity contribution in [1.29, 1.82) is 0 Å². The van der Waals surface area contributed by atoms with Gasteiger partial charge in [0.05, 0.1) is 5.52 Å². The Morgan fingerprint density at radius 3 is 2.75 bits per heavy atom. The molecule has 0 aliphatic carbocycles. The Hall–Kier alpha value is -2.30. The van der Waals surface area contributed by atoms with Crippen molar-refractivity contribution in [3.63, 3.8) is 0 Å². The van der Waals surface area contributed by atoms with Crippen molar-refractivity contribution >= 4 is 65.9 Å². The molecule has 1 aliphatic heterocycles. The van der Waals surface area contributed by atoms with Crippen molar-refractivity contribution < 1.29 is 17.6 Å². The SMILES string of the molecule is CN1C(=O)CCc2cc(NS(=O)(=O)c3c(Br)cc4[nH]c(=O)oc4c3Cl)ccc21. The molecular weight excluding hydrogens is 474 g/mol. The van der Waals surface area contributed by atoms with Crippen LogP contribution in [0, 0.1) is 0 Å². The molecule has 2 aromatic carbocycles. The van der Waals surface area contributed by atoms with Gasteiger partial charge in [-0.1, -0.05) is 11.6 Å². The highest BCUT2D eigenvalue weighted by Crippen LogP contribution is 2.37. The molecule has 0 radical (unpaired) electrons. The maximum absolute atomic E-state index is 13.0. The highest BCUT2D eigenvalue weighted by atomic mass is 79.9. The third kappa shape index (κ3) is 3.11. The zero-order chi connectivity index (χ0) is 20.2. The van der Waals surface area contributed by atoms with Crippen LogP contribution < -0.4 is 15.4 Å². The largest absolute Gasteiger partial charge is 0.417 e. The number of aromatic amines is 1. The summed E-state index contributed by atoms with van der Waals surface area (Å²) in [6.07, 6.45) is 0.888. The molecule has 0 fully saturated rings. The summed E-state index contributed by atoms with van der Waals surface area (Å²) in [7, 11) is -2.41. The molecule has 146 valence electrons. The lowest BCUT2D eigenvalue weighted by Gasteiger charge is -2.26. The fourth-order valence-electron chi connectivity index (χ4n) is 3.18. The van der Waals surface area contributed by atoms with E-state index < -0.39 is 15.8 Å². The highest BCUT2D eigenvalue weighted by Gasteiger charge is 2.27. The first-order valence-corrected chi connectivity index (χ1v) is 10.8. The molecule has 0 saturated carbocycles. The summed E-state index contributed by atoms with van der Waals surface area (Å²) >= 11 is 9.41. The van der Waals surface area contributed by atoms with Gasteiger partial charge in [0.1, 0.15) is 9.92 Å². The Balaban J connectivity index is 1.75. The van der Waals surface area contributed by atoms with Crippen molar-refractivity contribution in [2.24, 2.45) is 0 Å². The number of halogens is 2. The minimum atomic E-state index is -4.09. The lowest BCUT2D eigenvalue weighted by atomic mass is 10.0.